The van der Waals surface area contributed by atoms with E-state index in [-0.39, 0.29) is 25.6 Å². The Hall–Kier alpha value is -2.48. The first-order valence-corrected chi connectivity index (χ1v) is 6.55. The summed E-state index contributed by atoms with van der Waals surface area (Å²) in [5.74, 6) is -1.28. The summed E-state index contributed by atoms with van der Waals surface area (Å²) in [7, 11) is 0. The second-order valence-electron chi connectivity index (χ2n) is 4.76. The van der Waals surface area contributed by atoms with E-state index in [1.54, 1.807) is 0 Å². The quantitative estimate of drug-likeness (QED) is 0.836. The van der Waals surface area contributed by atoms with Crippen molar-refractivity contribution < 1.29 is 19.4 Å². The zero-order valence-corrected chi connectivity index (χ0v) is 11.2. The number of carboxylic acids is 1. The van der Waals surface area contributed by atoms with E-state index in [0.29, 0.717) is 6.54 Å². The zero-order valence-electron chi connectivity index (χ0n) is 11.2. The van der Waals surface area contributed by atoms with Crippen LogP contribution < -0.4 is 0 Å². The van der Waals surface area contributed by atoms with Crippen LogP contribution in [0, 0.1) is 0 Å². The van der Waals surface area contributed by atoms with Crippen molar-refractivity contribution in [1.29, 1.82) is 0 Å². The third-order valence-corrected chi connectivity index (χ3v) is 3.30. The number of benzene rings is 1. The van der Waals surface area contributed by atoms with Gasteiger partial charge in [0.1, 0.15) is 17.6 Å². The topological polar surface area (TPSA) is 97.6 Å². The van der Waals surface area contributed by atoms with Crippen molar-refractivity contribution >= 4 is 22.9 Å². The van der Waals surface area contributed by atoms with Crippen LogP contribution in [0.25, 0.3) is 11.0 Å². The molecule has 110 valence electrons. The number of aromatic nitrogens is 3. The Morgan fingerprint density at radius 1 is 1.29 bits per heavy atom. The van der Waals surface area contributed by atoms with Gasteiger partial charge in [0, 0.05) is 6.54 Å². The van der Waals surface area contributed by atoms with Crippen molar-refractivity contribution in [2.45, 2.75) is 12.6 Å². The second-order valence-corrected chi connectivity index (χ2v) is 4.76. The molecule has 1 atom stereocenters. The summed E-state index contributed by atoms with van der Waals surface area (Å²) in [6.07, 6.45) is -0.965. The van der Waals surface area contributed by atoms with Crippen LogP contribution in [0.5, 0.6) is 0 Å². The van der Waals surface area contributed by atoms with Crippen LogP contribution in [0.15, 0.2) is 24.3 Å². The Kier molecular flexibility index (Phi) is 3.53. The third kappa shape index (κ3) is 2.84. The molecule has 1 aromatic carbocycles. The van der Waals surface area contributed by atoms with Gasteiger partial charge in [0.05, 0.1) is 13.2 Å². The number of ether oxygens (including phenoxy) is 1. The molecule has 0 saturated carbocycles. The molecular formula is C13H14N4O4. The number of carboxylic acid groups (broad SMARTS) is 1. The number of morpholine rings is 1. The van der Waals surface area contributed by atoms with Crippen molar-refractivity contribution in [3.63, 3.8) is 0 Å². The Labute approximate surface area is 119 Å². The average molecular weight is 290 g/mol. The van der Waals surface area contributed by atoms with Gasteiger partial charge in [0.15, 0.2) is 6.10 Å². The van der Waals surface area contributed by atoms with Crippen LogP contribution in [0.1, 0.15) is 0 Å². The van der Waals surface area contributed by atoms with Gasteiger partial charge in [-0.05, 0) is 12.1 Å². The monoisotopic (exact) mass is 290 g/mol. The minimum Gasteiger partial charge on any atom is -0.479 e. The molecule has 21 heavy (non-hydrogen) atoms. The predicted octanol–water partition coefficient (Wildman–Crippen LogP) is -0.257. The summed E-state index contributed by atoms with van der Waals surface area (Å²) in [6.45, 7) is 0.636. The lowest BCUT2D eigenvalue weighted by Crippen LogP contribution is -2.49. The minimum atomic E-state index is -1.06. The third-order valence-electron chi connectivity index (χ3n) is 3.30. The first-order chi connectivity index (χ1) is 10.1. The summed E-state index contributed by atoms with van der Waals surface area (Å²) in [5, 5.41) is 17.4. The molecule has 0 aliphatic carbocycles. The van der Waals surface area contributed by atoms with Gasteiger partial charge in [-0.2, -0.15) is 15.0 Å². The molecule has 1 N–H and O–H groups in total. The maximum absolute atomic E-state index is 12.2. The highest BCUT2D eigenvalue weighted by Gasteiger charge is 2.29. The van der Waals surface area contributed by atoms with E-state index in [2.05, 4.69) is 10.2 Å². The summed E-state index contributed by atoms with van der Waals surface area (Å²) >= 11 is 0. The second kappa shape index (κ2) is 5.49. The van der Waals surface area contributed by atoms with Crippen LogP contribution in [0.3, 0.4) is 0 Å². The number of rotatable bonds is 3. The van der Waals surface area contributed by atoms with Gasteiger partial charge in [-0.1, -0.05) is 12.1 Å². The van der Waals surface area contributed by atoms with Crippen LogP contribution in [-0.2, 0) is 20.9 Å². The molecule has 3 rings (SSSR count). The molecule has 1 amide bonds. The lowest BCUT2D eigenvalue weighted by atomic mass is 10.2. The van der Waals surface area contributed by atoms with Gasteiger partial charge in [-0.15, -0.1) is 0 Å². The average Bonchev–Trinajstić information content (AvgIpc) is 2.89. The zero-order chi connectivity index (χ0) is 14.8. The molecule has 1 fully saturated rings. The highest BCUT2D eigenvalue weighted by atomic mass is 16.5. The molecule has 2 aromatic rings. The first-order valence-electron chi connectivity index (χ1n) is 6.55. The Morgan fingerprint density at radius 3 is 2.57 bits per heavy atom. The number of carbonyl (C=O) groups is 2. The number of hydrogen-bond acceptors (Lipinski definition) is 5. The highest BCUT2D eigenvalue weighted by molar-refractivity contribution is 5.79. The van der Waals surface area contributed by atoms with E-state index in [0.717, 1.165) is 11.0 Å². The van der Waals surface area contributed by atoms with Crippen LogP contribution in [0.2, 0.25) is 0 Å². The molecular weight excluding hydrogens is 276 g/mol. The first kappa shape index (κ1) is 13.5. The van der Waals surface area contributed by atoms with Gasteiger partial charge in [0.2, 0.25) is 5.91 Å². The molecule has 0 spiro atoms. The Balaban J connectivity index is 1.69. The molecule has 1 aliphatic rings. The molecule has 0 bridgehead atoms. The molecule has 1 aromatic heterocycles. The molecule has 1 saturated heterocycles. The van der Waals surface area contributed by atoms with E-state index >= 15 is 0 Å². The van der Waals surface area contributed by atoms with Crippen LogP contribution in [0.4, 0.5) is 0 Å². The van der Waals surface area contributed by atoms with Crippen molar-refractivity contribution in [2.75, 3.05) is 19.7 Å². The van der Waals surface area contributed by atoms with E-state index in [9.17, 15) is 9.59 Å². The summed E-state index contributed by atoms with van der Waals surface area (Å²) < 4.78 is 5.09. The number of nitrogens with zero attached hydrogens (tertiary/aromatic N) is 4. The van der Waals surface area contributed by atoms with Gasteiger partial charge in [0.25, 0.3) is 0 Å². The minimum absolute atomic E-state index is 0.0129. The van der Waals surface area contributed by atoms with Crippen molar-refractivity contribution in [1.82, 2.24) is 19.9 Å². The molecule has 8 nitrogen and oxygen atoms in total. The molecule has 0 unspecified atom stereocenters. The molecule has 1 aliphatic heterocycles. The van der Waals surface area contributed by atoms with Crippen molar-refractivity contribution in [2.24, 2.45) is 0 Å². The number of aliphatic carboxylic acids is 1. The van der Waals surface area contributed by atoms with E-state index in [1.165, 1.54) is 9.70 Å². The van der Waals surface area contributed by atoms with E-state index in [4.69, 9.17) is 9.84 Å². The SMILES string of the molecule is O=C(O)[C@@H]1CN(C(=O)Cn2nc3ccccc3n2)CCO1. The van der Waals surface area contributed by atoms with E-state index in [1.807, 2.05) is 24.3 Å². The lowest BCUT2D eigenvalue weighted by Gasteiger charge is -2.30. The summed E-state index contributed by atoms with van der Waals surface area (Å²) in [4.78, 5) is 25.9. The number of fused-ring (bicyclic) bond motifs is 1. The number of hydrogen-bond donors (Lipinski definition) is 1. The fourth-order valence-electron chi connectivity index (χ4n) is 2.22. The smallest absolute Gasteiger partial charge is 0.334 e. The standard InChI is InChI=1S/C13H14N4O4/c18-12(16-5-6-21-11(7-16)13(19)20)8-17-14-9-3-1-2-4-10(9)15-17/h1-4,11H,5-8H2,(H,19,20)/t11-/m0/s1. The van der Waals surface area contributed by atoms with Gasteiger partial charge in [-0.3, -0.25) is 4.79 Å². The van der Waals surface area contributed by atoms with Crippen molar-refractivity contribution in [3.8, 4) is 0 Å². The van der Waals surface area contributed by atoms with Gasteiger partial charge in [-0.25, -0.2) is 4.79 Å². The van der Waals surface area contributed by atoms with Gasteiger partial charge >= 0.3 is 5.97 Å². The van der Waals surface area contributed by atoms with Crippen molar-refractivity contribution in [3.05, 3.63) is 24.3 Å². The molecule has 0 radical (unpaired) electrons. The summed E-state index contributed by atoms with van der Waals surface area (Å²) in [6, 6.07) is 7.34. The van der Waals surface area contributed by atoms with Gasteiger partial charge < -0.3 is 14.7 Å². The maximum Gasteiger partial charge on any atom is 0.334 e. The Morgan fingerprint density at radius 2 is 1.95 bits per heavy atom. The summed E-state index contributed by atoms with van der Waals surface area (Å²) in [5.41, 5.74) is 1.44. The predicted molar refractivity (Wildman–Crippen MR) is 71.5 cm³/mol. The normalized spacial score (nSPS) is 18.9. The number of amides is 1. The highest BCUT2D eigenvalue weighted by Crippen LogP contribution is 2.09. The number of carbonyl (C=O) groups excluding carboxylic acids is 1. The Bertz CT molecular complexity index is 651. The lowest BCUT2D eigenvalue weighted by molar-refractivity contribution is -0.159. The largest absolute Gasteiger partial charge is 0.479 e. The van der Waals surface area contributed by atoms with Crippen LogP contribution >= 0.6 is 0 Å². The molecule has 8 heteroatoms. The molecule has 2 heterocycles. The fourth-order valence-corrected chi connectivity index (χ4v) is 2.22. The van der Waals surface area contributed by atoms with Crippen LogP contribution in [-0.4, -0.2) is 62.7 Å². The fraction of sp³-hybridized carbons (Fsp3) is 0.385. The van der Waals surface area contributed by atoms with E-state index < -0.39 is 12.1 Å². The maximum atomic E-state index is 12.2.